The van der Waals surface area contributed by atoms with Crippen LogP contribution in [0, 0.1) is 0 Å². The van der Waals surface area contributed by atoms with Crippen molar-refractivity contribution in [1.29, 1.82) is 0 Å². The molecular weight excluding hydrogens is 318 g/mol. The fourth-order valence-electron chi connectivity index (χ4n) is 2.48. The third-order valence-electron chi connectivity index (χ3n) is 3.77. The van der Waals surface area contributed by atoms with Gasteiger partial charge in [0.05, 0.1) is 12.9 Å². The molecule has 25 heavy (non-hydrogen) atoms. The Morgan fingerprint density at radius 1 is 1.28 bits per heavy atom. The van der Waals surface area contributed by atoms with Crippen LogP contribution in [0.4, 0.5) is 4.79 Å². The normalized spacial score (nSPS) is 11.6. The lowest BCUT2D eigenvalue weighted by atomic mass is 10.2. The van der Waals surface area contributed by atoms with Crippen molar-refractivity contribution in [3.8, 4) is 0 Å². The largest absolute Gasteiger partial charge is 0.337 e. The maximum atomic E-state index is 12.3. The van der Waals surface area contributed by atoms with Crippen molar-refractivity contribution in [2.45, 2.75) is 33.0 Å². The van der Waals surface area contributed by atoms with Gasteiger partial charge in [-0.3, -0.25) is 4.79 Å². The number of hydrogen-bond acceptors (Lipinski definition) is 3. The van der Waals surface area contributed by atoms with Gasteiger partial charge in [0.15, 0.2) is 0 Å². The molecule has 134 valence electrons. The van der Waals surface area contributed by atoms with Crippen LogP contribution < -0.4 is 10.6 Å². The Balaban J connectivity index is 1.74. The van der Waals surface area contributed by atoms with E-state index < -0.39 is 0 Å². The second-order valence-electron chi connectivity index (χ2n) is 5.88. The summed E-state index contributed by atoms with van der Waals surface area (Å²) in [4.78, 5) is 29.9. The van der Waals surface area contributed by atoms with Gasteiger partial charge in [0, 0.05) is 38.1 Å². The number of amides is 3. The van der Waals surface area contributed by atoms with E-state index >= 15 is 0 Å². The smallest absolute Gasteiger partial charge is 0.315 e. The van der Waals surface area contributed by atoms with Crippen molar-refractivity contribution < 1.29 is 9.59 Å². The summed E-state index contributed by atoms with van der Waals surface area (Å²) in [5, 5.41) is 5.44. The monoisotopic (exact) mass is 343 g/mol. The maximum absolute atomic E-state index is 12.3. The third kappa shape index (κ3) is 6.29. The number of likely N-dealkylation sites (N-methyl/N-ethyl adjacent to an activating group) is 1. The standard InChI is InChI=1S/C18H25N5O2/c1-3-23(13-16-7-5-4-6-8-16)17(24)11-20-18(25)21-15(2)12-22-10-9-19-14-22/h4-10,14-15H,3,11-13H2,1-2H3,(H2,20,21,25)/t15-/m1/s1. The molecule has 0 bridgehead atoms. The molecule has 0 fully saturated rings. The van der Waals surface area contributed by atoms with Gasteiger partial charge in [-0.25, -0.2) is 9.78 Å². The molecule has 1 aromatic heterocycles. The Kier molecular flexibility index (Phi) is 7.00. The molecule has 0 unspecified atom stereocenters. The lowest BCUT2D eigenvalue weighted by Gasteiger charge is -2.22. The van der Waals surface area contributed by atoms with Crippen molar-refractivity contribution >= 4 is 11.9 Å². The Labute approximate surface area is 148 Å². The summed E-state index contributed by atoms with van der Waals surface area (Å²) >= 11 is 0. The molecule has 1 heterocycles. The fourth-order valence-corrected chi connectivity index (χ4v) is 2.48. The van der Waals surface area contributed by atoms with Gasteiger partial charge in [0.2, 0.25) is 5.91 Å². The van der Waals surface area contributed by atoms with Crippen molar-refractivity contribution in [1.82, 2.24) is 25.1 Å². The van der Waals surface area contributed by atoms with E-state index in [0.29, 0.717) is 19.6 Å². The molecular formula is C18H25N5O2. The van der Waals surface area contributed by atoms with Crippen LogP contribution in [0.5, 0.6) is 0 Å². The molecule has 1 aromatic carbocycles. The van der Waals surface area contributed by atoms with Crippen LogP contribution in [0.15, 0.2) is 49.1 Å². The SMILES string of the molecule is CCN(Cc1ccccc1)C(=O)CNC(=O)N[C@H](C)Cn1ccnc1. The van der Waals surface area contributed by atoms with Gasteiger partial charge in [0.25, 0.3) is 0 Å². The molecule has 0 radical (unpaired) electrons. The Morgan fingerprint density at radius 3 is 2.68 bits per heavy atom. The predicted molar refractivity (Wildman–Crippen MR) is 95.8 cm³/mol. The fraction of sp³-hybridized carbons (Fsp3) is 0.389. The van der Waals surface area contributed by atoms with Crippen LogP contribution in [-0.2, 0) is 17.9 Å². The molecule has 2 rings (SSSR count). The van der Waals surface area contributed by atoms with Crippen LogP contribution in [0.2, 0.25) is 0 Å². The minimum atomic E-state index is -0.350. The number of carbonyl (C=O) groups excluding carboxylic acids is 2. The van der Waals surface area contributed by atoms with Crippen molar-refractivity contribution in [2.75, 3.05) is 13.1 Å². The first kappa shape index (κ1) is 18.5. The second kappa shape index (κ2) is 9.46. The minimum absolute atomic E-state index is 0.0235. The van der Waals surface area contributed by atoms with Gasteiger partial charge in [0.1, 0.15) is 0 Å². The molecule has 0 aliphatic rings. The van der Waals surface area contributed by atoms with E-state index in [2.05, 4.69) is 15.6 Å². The first-order chi connectivity index (χ1) is 12.1. The highest BCUT2D eigenvalue weighted by Crippen LogP contribution is 2.04. The molecule has 3 amide bonds. The molecule has 0 aliphatic carbocycles. The van der Waals surface area contributed by atoms with Crippen LogP contribution in [0.3, 0.4) is 0 Å². The topological polar surface area (TPSA) is 79.3 Å². The Morgan fingerprint density at radius 2 is 2.04 bits per heavy atom. The lowest BCUT2D eigenvalue weighted by Crippen LogP contribution is -2.46. The van der Waals surface area contributed by atoms with Gasteiger partial charge in [-0.15, -0.1) is 0 Å². The van der Waals surface area contributed by atoms with E-state index in [1.54, 1.807) is 17.4 Å². The van der Waals surface area contributed by atoms with E-state index in [1.165, 1.54) is 0 Å². The highest BCUT2D eigenvalue weighted by Gasteiger charge is 2.14. The number of benzene rings is 1. The number of carbonyl (C=O) groups is 2. The Bertz CT molecular complexity index is 657. The van der Waals surface area contributed by atoms with E-state index in [0.717, 1.165) is 5.56 Å². The average molecular weight is 343 g/mol. The highest BCUT2D eigenvalue weighted by atomic mass is 16.2. The van der Waals surface area contributed by atoms with E-state index in [-0.39, 0.29) is 24.5 Å². The molecule has 0 saturated heterocycles. The number of rotatable bonds is 8. The number of imidazole rings is 1. The van der Waals surface area contributed by atoms with E-state index in [1.807, 2.05) is 54.9 Å². The highest BCUT2D eigenvalue weighted by molar-refractivity contribution is 5.84. The zero-order valence-corrected chi connectivity index (χ0v) is 14.7. The van der Waals surface area contributed by atoms with Crippen molar-refractivity contribution in [2.24, 2.45) is 0 Å². The minimum Gasteiger partial charge on any atom is -0.337 e. The summed E-state index contributed by atoms with van der Waals surface area (Å²) in [6.45, 7) is 5.55. The van der Waals surface area contributed by atoms with Crippen molar-refractivity contribution in [3.05, 3.63) is 54.6 Å². The predicted octanol–water partition coefficient (Wildman–Crippen LogP) is 1.62. The van der Waals surface area contributed by atoms with Gasteiger partial charge in [-0.2, -0.15) is 0 Å². The van der Waals surface area contributed by atoms with Crippen molar-refractivity contribution in [3.63, 3.8) is 0 Å². The third-order valence-corrected chi connectivity index (χ3v) is 3.77. The molecule has 0 aliphatic heterocycles. The van der Waals surface area contributed by atoms with Gasteiger partial charge < -0.3 is 20.1 Å². The molecule has 2 N–H and O–H groups in total. The maximum Gasteiger partial charge on any atom is 0.315 e. The Hall–Kier alpha value is -2.83. The zero-order chi connectivity index (χ0) is 18.1. The summed E-state index contributed by atoms with van der Waals surface area (Å²) in [6.07, 6.45) is 5.22. The molecule has 0 spiro atoms. The summed E-state index contributed by atoms with van der Waals surface area (Å²) in [6, 6.07) is 9.37. The number of nitrogens with zero attached hydrogens (tertiary/aromatic N) is 3. The second-order valence-corrected chi connectivity index (χ2v) is 5.88. The first-order valence-electron chi connectivity index (χ1n) is 8.40. The van der Waals surface area contributed by atoms with Crippen LogP contribution in [0.1, 0.15) is 19.4 Å². The number of urea groups is 1. The van der Waals surface area contributed by atoms with E-state index in [9.17, 15) is 9.59 Å². The number of aromatic nitrogens is 2. The first-order valence-corrected chi connectivity index (χ1v) is 8.40. The van der Waals surface area contributed by atoms with Crippen LogP contribution in [-0.4, -0.2) is 45.5 Å². The van der Waals surface area contributed by atoms with Gasteiger partial charge in [-0.1, -0.05) is 30.3 Å². The number of nitrogens with one attached hydrogen (secondary N) is 2. The number of hydrogen-bond donors (Lipinski definition) is 2. The molecule has 0 saturated carbocycles. The zero-order valence-electron chi connectivity index (χ0n) is 14.7. The summed E-state index contributed by atoms with van der Waals surface area (Å²) in [5.74, 6) is -0.108. The summed E-state index contributed by atoms with van der Waals surface area (Å²) < 4.78 is 1.88. The van der Waals surface area contributed by atoms with Crippen LogP contribution >= 0.6 is 0 Å². The average Bonchev–Trinajstić information content (AvgIpc) is 3.11. The van der Waals surface area contributed by atoms with E-state index in [4.69, 9.17) is 0 Å². The summed E-state index contributed by atoms with van der Waals surface area (Å²) in [7, 11) is 0. The quantitative estimate of drug-likeness (QED) is 0.764. The summed E-state index contributed by atoms with van der Waals surface area (Å²) in [5.41, 5.74) is 1.07. The van der Waals surface area contributed by atoms with Crippen LogP contribution in [0.25, 0.3) is 0 Å². The molecule has 7 heteroatoms. The van der Waals surface area contributed by atoms with Gasteiger partial charge in [-0.05, 0) is 19.4 Å². The van der Waals surface area contributed by atoms with Gasteiger partial charge >= 0.3 is 6.03 Å². The molecule has 1 atom stereocenters. The lowest BCUT2D eigenvalue weighted by molar-refractivity contribution is -0.130. The molecule has 2 aromatic rings. The molecule has 7 nitrogen and oxygen atoms in total.